The van der Waals surface area contributed by atoms with Crippen LogP contribution in [0.2, 0.25) is 0 Å². The first-order valence-corrected chi connectivity index (χ1v) is 6.94. The Labute approximate surface area is 124 Å². The third-order valence-corrected chi connectivity index (χ3v) is 3.50. The van der Waals surface area contributed by atoms with E-state index in [1.165, 1.54) is 5.39 Å². The molecule has 2 heteroatoms. The third kappa shape index (κ3) is 2.95. The lowest BCUT2D eigenvalue weighted by molar-refractivity contribution is 0.101. The van der Waals surface area contributed by atoms with Crippen LogP contribution in [0.5, 0.6) is 5.75 Å². The Hall–Kier alpha value is -2.61. The van der Waals surface area contributed by atoms with Crippen molar-refractivity contribution in [1.82, 2.24) is 0 Å². The fourth-order valence-electron chi connectivity index (χ4n) is 2.32. The standard InChI is InChI=1S/C19H16O2/c1-14(20)16-11-9-15(10-12-16)13-21-19-8-4-6-17-5-2-3-7-18(17)19/h2-12H,13H2,1H3. The smallest absolute Gasteiger partial charge is 0.159 e. The number of Topliss-reactive ketones (excluding diaryl/α,β-unsaturated/α-hetero) is 1. The molecule has 0 aromatic heterocycles. The molecule has 104 valence electrons. The van der Waals surface area contributed by atoms with Crippen molar-refractivity contribution in [2.24, 2.45) is 0 Å². The number of hydrogen-bond acceptors (Lipinski definition) is 2. The molecule has 0 spiro atoms. The molecule has 0 aliphatic carbocycles. The lowest BCUT2D eigenvalue weighted by Gasteiger charge is -2.09. The number of ether oxygens (including phenoxy) is 1. The van der Waals surface area contributed by atoms with Gasteiger partial charge < -0.3 is 4.74 Å². The minimum Gasteiger partial charge on any atom is -0.488 e. The van der Waals surface area contributed by atoms with E-state index in [1.54, 1.807) is 6.92 Å². The highest BCUT2D eigenvalue weighted by Crippen LogP contribution is 2.25. The molecule has 0 bridgehead atoms. The minimum absolute atomic E-state index is 0.0801. The second-order valence-electron chi connectivity index (χ2n) is 5.02. The van der Waals surface area contributed by atoms with Crippen molar-refractivity contribution < 1.29 is 9.53 Å². The van der Waals surface area contributed by atoms with Gasteiger partial charge in [-0.05, 0) is 23.9 Å². The summed E-state index contributed by atoms with van der Waals surface area (Å²) in [7, 11) is 0. The van der Waals surface area contributed by atoms with Crippen molar-refractivity contribution in [1.29, 1.82) is 0 Å². The highest BCUT2D eigenvalue weighted by molar-refractivity contribution is 5.94. The van der Waals surface area contributed by atoms with Gasteiger partial charge in [0.05, 0.1) is 0 Å². The number of fused-ring (bicyclic) bond motifs is 1. The maximum atomic E-state index is 11.3. The zero-order chi connectivity index (χ0) is 14.7. The van der Waals surface area contributed by atoms with E-state index in [9.17, 15) is 4.79 Å². The summed E-state index contributed by atoms with van der Waals surface area (Å²) in [5.74, 6) is 0.959. The zero-order valence-electron chi connectivity index (χ0n) is 11.9. The number of carbonyl (C=O) groups excluding carboxylic acids is 1. The van der Waals surface area contributed by atoms with Gasteiger partial charge in [0, 0.05) is 10.9 Å². The second-order valence-corrected chi connectivity index (χ2v) is 5.02. The van der Waals surface area contributed by atoms with Gasteiger partial charge in [0.25, 0.3) is 0 Å². The van der Waals surface area contributed by atoms with Crippen LogP contribution in [0, 0.1) is 0 Å². The van der Waals surface area contributed by atoms with Crippen LogP contribution >= 0.6 is 0 Å². The number of ketones is 1. The lowest BCUT2D eigenvalue weighted by Crippen LogP contribution is -1.97. The van der Waals surface area contributed by atoms with E-state index in [4.69, 9.17) is 4.74 Å². The van der Waals surface area contributed by atoms with Gasteiger partial charge in [0.1, 0.15) is 12.4 Å². The molecule has 0 aliphatic rings. The average molecular weight is 276 g/mol. The van der Waals surface area contributed by atoms with Gasteiger partial charge in [-0.3, -0.25) is 4.79 Å². The van der Waals surface area contributed by atoms with Gasteiger partial charge in [0.2, 0.25) is 0 Å². The molecule has 3 aromatic carbocycles. The van der Waals surface area contributed by atoms with E-state index >= 15 is 0 Å². The Morgan fingerprint density at radius 3 is 2.38 bits per heavy atom. The molecule has 0 unspecified atom stereocenters. The van der Waals surface area contributed by atoms with E-state index in [2.05, 4.69) is 18.2 Å². The number of hydrogen-bond donors (Lipinski definition) is 0. The van der Waals surface area contributed by atoms with Crippen molar-refractivity contribution in [2.75, 3.05) is 0 Å². The molecule has 0 saturated carbocycles. The molecule has 0 aliphatic heterocycles. The Morgan fingerprint density at radius 1 is 0.905 bits per heavy atom. The van der Waals surface area contributed by atoms with Crippen LogP contribution < -0.4 is 4.74 Å². The normalized spacial score (nSPS) is 10.5. The molecule has 21 heavy (non-hydrogen) atoms. The Kier molecular flexibility index (Phi) is 3.69. The molecule has 2 nitrogen and oxygen atoms in total. The average Bonchev–Trinajstić information content (AvgIpc) is 2.53. The molecule has 0 heterocycles. The zero-order valence-corrected chi connectivity index (χ0v) is 11.9. The van der Waals surface area contributed by atoms with Gasteiger partial charge in [-0.1, -0.05) is 60.7 Å². The summed E-state index contributed by atoms with van der Waals surface area (Å²) < 4.78 is 5.92. The van der Waals surface area contributed by atoms with E-state index in [0.29, 0.717) is 6.61 Å². The summed E-state index contributed by atoms with van der Waals surface area (Å²) in [6, 6.07) is 21.8. The van der Waals surface area contributed by atoms with E-state index < -0.39 is 0 Å². The topological polar surface area (TPSA) is 26.3 Å². The maximum absolute atomic E-state index is 11.3. The van der Waals surface area contributed by atoms with Crippen molar-refractivity contribution in [3.05, 3.63) is 77.9 Å². The lowest BCUT2D eigenvalue weighted by atomic mass is 10.1. The van der Waals surface area contributed by atoms with Crippen LogP contribution in [0.1, 0.15) is 22.8 Å². The molecule has 0 radical (unpaired) electrons. The van der Waals surface area contributed by atoms with Crippen LogP contribution in [0.15, 0.2) is 66.7 Å². The SMILES string of the molecule is CC(=O)c1ccc(COc2cccc3ccccc23)cc1. The fourth-order valence-corrected chi connectivity index (χ4v) is 2.32. The van der Waals surface area contributed by atoms with Crippen molar-refractivity contribution >= 4 is 16.6 Å². The first kappa shape index (κ1) is 13.4. The fraction of sp³-hybridized carbons (Fsp3) is 0.105. The van der Waals surface area contributed by atoms with Crippen molar-refractivity contribution in [3.8, 4) is 5.75 Å². The summed E-state index contributed by atoms with van der Waals surface area (Å²) in [5, 5.41) is 2.28. The molecule has 3 aromatic rings. The molecule has 0 amide bonds. The van der Waals surface area contributed by atoms with Crippen LogP contribution in [-0.4, -0.2) is 5.78 Å². The predicted molar refractivity (Wildman–Crippen MR) is 84.7 cm³/mol. The van der Waals surface area contributed by atoms with Crippen LogP contribution in [0.4, 0.5) is 0 Å². The summed E-state index contributed by atoms with van der Waals surface area (Å²) in [6.07, 6.45) is 0. The summed E-state index contributed by atoms with van der Waals surface area (Å²) in [4.78, 5) is 11.3. The van der Waals surface area contributed by atoms with Crippen LogP contribution in [-0.2, 0) is 6.61 Å². The predicted octanol–water partition coefficient (Wildman–Crippen LogP) is 4.62. The maximum Gasteiger partial charge on any atom is 0.159 e. The Morgan fingerprint density at radius 2 is 1.62 bits per heavy atom. The van der Waals surface area contributed by atoms with Gasteiger partial charge in [0.15, 0.2) is 5.78 Å². The monoisotopic (exact) mass is 276 g/mol. The largest absolute Gasteiger partial charge is 0.488 e. The Bertz CT molecular complexity index is 768. The van der Waals surface area contributed by atoms with Crippen molar-refractivity contribution in [3.63, 3.8) is 0 Å². The van der Waals surface area contributed by atoms with Gasteiger partial charge in [-0.2, -0.15) is 0 Å². The highest BCUT2D eigenvalue weighted by Gasteiger charge is 2.03. The van der Waals surface area contributed by atoms with Gasteiger partial charge in [-0.15, -0.1) is 0 Å². The molecular weight excluding hydrogens is 260 g/mol. The van der Waals surface area contributed by atoms with Crippen LogP contribution in [0.3, 0.4) is 0 Å². The van der Waals surface area contributed by atoms with Crippen molar-refractivity contribution in [2.45, 2.75) is 13.5 Å². The number of carbonyl (C=O) groups is 1. The molecule has 0 fully saturated rings. The third-order valence-electron chi connectivity index (χ3n) is 3.50. The first-order chi connectivity index (χ1) is 10.2. The molecule has 0 saturated heterocycles. The van der Waals surface area contributed by atoms with Gasteiger partial charge in [-0.25, -0.2) is 0 Å². The van der Waals surface area contributed by atoms with Gasteiger partial charge >= 0.3 is 0 Å². The molecule has 3 rings (SSSR count). The second kappa shape index (κ2) is 5.80. The Balaban J connectivity index is 1.79. The van der Waals surface area contributed by atoms with E-state index in [-0.39, 0.29) is 5.78 Å². The van der Waals surface area contributed by atoms with E-state index in [1.807, 2.05) is 48.5 Å². The number of benzene rings is 3. The quantitative estimate of drug-likeness (QED) is 0.650. The summed E-state index contributed by atoms with van der Waals surface area (Å²) in [5.41, 5.74) is 1.77. The number of rotatable bonds is 4. The summed E-state index contributed by atoms with van der Waals surface area (Å²) in [6.45, 7) is 2.06. The molecular formula is C19H16O2. The first-order valence-electron chi connectivity index (χ1n) is 6.94. The summed E-state index contributed by atoms with van der Waals surface area (Å²) >= 11 is 0. The molecule has 0 N–H and O–H groups in total. The highest BCUT2D eigenvalue weighted by atomic mass is 16.5. The molecule has 0 atom stereocenters. The minimum atomic E-state index is 0.0801. The van der Waals surface area contributed by atoms with E-state index in [0.717, 1.165) is 22.3 Å². The van der Waals surface area contributed by atoms with Crippen LogP contribution in [0.25, 0.3) is 10.8 Å².